The number of fused-ring (bicyclic) bond motifs is 3. The number of hydrogen-bond donors (Lipinski definition) is 5. The van der Waals surface area contributed by atoms with Gasteiger partial charge in [-0.1, -0.05) is 18.2 Å². The number of benzene rings is 1. The minimum atomic E-state index is -2.60. The maximum absolute atomic E-state index is 13.8. The molecule has 3 aliphatic carbocycles. The number of allylic oxidation sites excluding steroid dienone is 2. The van der Waals surface area contributed by atoms with E-state index in [1.54, 1.807) is 6.92 Å². The molecule has 10 nitrogen and oxygen atoms in total. The van der Waals surface area contributed by atoms with Gasteiger partial charge in [-0.2, -0.15) is 0 Å². The summed E-state index contributed by atoms with van der Waals surface area (Å²) in [4.78, 5) is 41.0. The molecule has 2 fully saturated rings. The molecule has 0 amide bonds. The van der Waals surface area contributed by atoms with Crippen molar-refractivity contribution >= 4 is 17.3 Å². The quantitative estimate of drug-likeness (QED) is 0.386. The summed E-state index contributed by atoms with van der Waals surface area (Å²) in [7, 11) is 0. The summed E-state index contributed by atoms with van der Waals surface area (Å²) in [6, 6.07) is 3.92. The summed E-state index contributed by atoms with van der Waals surface area (Å²) >= 11 is 0. The first kappa shape index (κ1) is 24.0. The van der Waals surface area contributed by atoms with Crippen molar-refractivity contribution in [3.63, 3.8) is 0 Å². The van der Waals surface area contributed by atoms with Crippen LogP contribution in [0.1, 0.15) is 53.8 Å². The summed E-state index contributed by atoms with van der Waals surface area (Å²) in [6.45, 7) is 2.76. The lowest BCUT2D eigenvalue weighted by Crippen LogP contribution is -2.75. The zero-order valence-corrected chi connectivity index (χ0v) is 19.1. The van der Waals surface area contributed by atoms with Crippen molar-refractivity contribution in [3.05, 3.63) is 52.6 Å². The maximum atomic E-state index is 13.8. The average molecular weight is 486 g/mol. The Kier molecular flexibility index (Phi) is 5.23. The molecule has 0 radical (unpaired) electrons. The lowest BCUT2D eigenvalue weighted by atomic mass is 9.56. The molecule has 1 aromatic carbocycles. The van der Waals surface area contributed by atoms with E-state index in [0.717, 1.165) is 6.08 Å². The van der Waals surface area contributed by atoms with Gasteiger partial charge in [-0.05, 0) is 32.4 Å². The van der Waals surface area contributed by atoms with Crippen LogP contribution in [-0.4, -0.2) is 84.3 Å². The molecule has 5 N–H and O–H groups in total. The highest BCUT2D eigenvalue weighted by Crippen LogP contribution is 2.54. The Morgan fingerprint density at radius 3 is 2.49 bits per heavy atom. The molecule has 1 saturated carbocycles. The number of aliphatic hydroxyl groups excluding tert-OH is 2. The Bertz CT molecular complexity index is 1210. The van der Waals surface area contributed by atoms with Crippen LogP contribution in [0.25, 0.3) is 0 Å². The first-order valence-electron chi connectivity index (χ1n) is 11.4. The molecule has 5 rings (SSSR count). The molecular formula is C25H26O10. The number of ketones is 3. The minimum absolute atomic E-state index is 0.0922. The Morgan fingerprint density at radius 1 is 1.09 bits per heavy atom. The number of phenolic OH excluding ortho intramolecular Hbond substituents is 1. The second-order valence-corrected chi connectivity index (χ2v) is 9.92. The van der Waals surface area contributed by atoms with E-state index in [4.69, 9.17) is 9.47 Å². The lowest BCUT2D eigenvalue weighted by Gasteiger charge is -2.56. The Morgan fingerprint density at radius 2 is 1.80 bits per heavy atom. The fraction of sp³-hybridized carbons (Fsp3) is 0.480. The van der Waals surface area contributed by atoms with Gasteiger partial charge in [0, 0.05) is 24.0 Å². The number of aliphatic hydroxyl groups is 4. The average Bonchev–Trinajstić information content (AvgIpc) is 2.79. The third kappa shape index (κ3) is 3.15. The number of hydrogen-bond acceptors (Lipinski definition) is 10. The lowest BCUT2D eigenvalue weighted by molar-refractivity contribution is -0.289. The number of carbonyl (C=O) groups excluding carboxylic acids is 3. The maximum Gasteiger partial charge on any atom is 0.204 e. The van der Waals surface area contributed by atoms with Crippen molar-refractivity contribution in [1.29, 1.82) is 0 Å². The van der Waals surface area contributed by atoms with Gasteiger partial charge in [-0.25, -0.2) is 0 Å². The first-order valence-corrected chi connectivity index (χ1v) is 11.4. The highest BCUT2D eigenvalue weighted by Gasteiger charge is 2.71. The molecule has 1 aromatic rings. The molecule has 0 bridgehead atoms. The predicted octanol–water partition coefficient (Wildman–Crippen LogP) is 0.0947. The van der Waals surface area contributed by atoms with Gasteiger partial charge in [-0.3, -0.25) is 14.4 Å². The molecule has 1 aliphatic heterocycles. The van der Waals surface area contributed by atoms with Crippen molar-refractivity contribution < 1.29 is 49.4 Å². The van der Waals surface area contributed by atoms with E-state index >= 15 is 0 Å². The van der Waals surface area contributed by atoms with Crippen LogP contribution in [0.5, 0.6) is 5.75 Å². The van der Waals surface area contributed by atoms with Crippen molar-refractivity contribution in [2.24, 2.45) is 0 Å². The van der Waals surface area contributed by atoms with Crippen LogP contribution in [-0.2, 0) is 14.3 Å². The van der Waals surface area contributed by atoms with Crippen LogP contribution in [0, 0.1) is 0 Å². The van der Waals surface area contributed by atoms with E-state index < -0.39 is 76.5 Å². The molecule has 186 valence electrons. The first-order chi connectivity index (χ1) is 16.3. The van der Waals surface area contributed by atoms with Gasteiger partial charge in [0.25, 0.3) is 0 Å². The number of rotatable bonds is 2. The molecule has 4 aliphatic rings. The summed E-state index contributed by atoms with van der Waals surface area (Å²) in [6.07, 6.45) is -2.75. The topological polar surface area (TPSA) is 171 Å². The zero-order chi connectivity index (χ0) is 25.5. The van der Waals surface area contributed by atoms with Crippen LogP contribution in [0.3, 0.4) is 0 Å². The standard InChI is InChI=1S/C25H26O10/c1-11-14(26)6-7-16(34-11)35-25-18-13(19(28)17-12(20(18)29)4-3-5-15(17)27)8-9-24(25,33)10-23(2,32)21(30)22(25)31/h3-5,8-9,11,14,16,21,26-27,30,32-33H,6-7,10H2,1-2H3/t11-,14-,16-,21-,23-,24-,25?/m1/s1. The van der Waals surface area contributed by atoms with Gasteiger partial charge in [0.05, 0.1) is 28.9 Å². The number of aromatic hydroxyl groups is 1. The molecule has 0 aromatic heterocycles. The van der Waals surface area contributed by atoms with E-state index in [-0.39, 0.29) is 29.5 Å². The van der Waals surface area contributed by atoms with Crippen LogP contribution in [0.4, 0.5) is 0 Å². The van der Waals surface area contributed by atoms with Gasteiger partial charge < -0.3 is 35.0 Å². The van der Waals surface area contributed by atoms with Crippen molar-refractivity contribution in [1.82, 2.24) is 0 Å². The van der Waals surface area contributed by atoms with Crippen molar-refractivity contribution in [2.75, 3.05) is 0 Å². The Hall–Kier alpha value is -2.73. The van der Waals surface area contributed by atoms with Crippen LogP contribution >= 0.6 is 0 Å². The van der Waals surface area contributed by atoms with E-state index in [1.807, 2.05) is 0 Å². The molecule has 35 heavy (non-hydrogen) atoms. The Balaban J connectivity index is 1.74. The fourth-order valence-electron chi connectivity index (χ4n) is 5.62. The highest BCUT2D eigenvalue weighted by atomic mass is 16.7. The van der Waals surface area contributed by atoms with Gasteiger partial charge in [-0.15, -0.1) is 0 Å². The largest absolute Gasteiger partial charge is 0.507 e. The van der Waals surface area contributed by atoms with E-state index in [9.17, 15) is 39.9 Å². The smallest absolute Gasteiger partial charge is 0.204 e. The molecule has 1 unspecified atom stereocenters. The van der Waals surface area contributed by atoms with Gasteiger partial charge in [0.1, 0.15) is 17.5 Å². The molecule has 10 heteroatoms. The summed E-state index contributed by atoms with van der Waals surface area (Å²) in [5, 5.41) is 53.6. The zero-order valence-electron chi connectivity index (χ0n) is 19.1. The highest BCUT2D eigenvalue weighted by molar-refractivity contribution is 6.32. The van der Waals surface area contributed by atoms with Crippen molar-refractivity contribution in [3.8, 4) is 5.75 Å². The second kappa shape index (κ2) is 7.63. The molecular weight excluding hydrogens is 460 g/mol. The monoisotopic (exact) mass is 486 g/mol. The minimum Gasteiger partial charge on any atom is -0.507 e. The third-order valence-electron chi connectivity index (χ3n) is 7.47. The molecule has 1 saturated heterocycles. The summed E-state index contributed by atoms with van der Waals surface area (Å²) in [5.74, 6) is -3.24. The third-order valence-corrected chi connectivity index (χ3v) is 7.47. The number of phenols is 1. The number of carbonyl (C=O) groups is 3. The molecule has 7 atom stereocenters. The van der Waals surface area contributed by atoms with E-state index in [0.29, 0.717) is 0 Å². The van der Waals surface area contributed by atoms with Crippen LogP contribution in [0.15, 0.2) is 41.5 Å². The summed E-state index contributed by atoms with van der Waals surface area (Å²) in [5.41, 5.74) is -8.21. The molecule has 0 spiro atoms. The van der Waals surface area contributed by atoms with Crippen LogP contribution in [0.2, 0.25) is 0 Å². The van der Waals surface area contributed by atoms with Crippen LogP contribution < -0.4 is 0 Å². The number of Topliss-reactive ketones (excluding diaryl/α,β-unsaturated/α-hetero) is 3. The summed E-state index contributed by atoms with van der Waals surface area (Å²) < 4.78 is 11.8. The van der Waals surface area contributed by atoms with E-state index in [1.165, 1.54) is 31.2 Å². The number of ether oxygens (including phenoxy) is 2. The van der Waals surface area contributed by atoms with Gasteiger partial charge >= 0.3 is 0 Å². The van der Waals surface area contributed by atoms with E-state index in [2.05, 4.69) is 0 Å². The second-order valence-electron chi connectivity index (χ2n) is 9.92. The molecule has 1 heterocycles. The predicted molar refractivity (Wildman–Crippen MR) is 118 cm³/mol. The van der Waals surface area contributed by atoms with Gasteiger partial charge in [0.2, 0.25) is 5.78 Å². The fourth-order valence-corrected chi connectivity index (χ4v) is 5.62. The van der Waals surface area contributed by atoms with Crippen molar-refractivity contribution in [2.45, 2.75) is 74.5 Å². The SMILES string of the molecule is C[C@H]1O[C@H](OC23C(=O)[C@@H](O)[C@](C)(O)C[C@]2(O)C=CC2=C3C(=O)c3cccc(O)c3C2=O)CC[C@H]1O. The van der Waals surface area contributed by atoms with Gasteiger partial charge in [0.15, 0.2) is 23.5 Å². The Labute approximate surface area is 200 Å². The normalized spacial score (nSPS) is 40.9.